The van der Waals surface area contributed by atoms with Gasteiger partial charge in [0.15, 0.2) is 0 Å². The second-order valence-corrected chi connectivity index (χ2v) is 7.83. The average molecular weight is 348 g/mol. The highest BCUT2D eigenvalue weighted by atomic mass is 16.5. The molecule has 0 aliphatic carbocycles. The Hall–Kier alpha value is -1.89. The molecule has 0 unspecified atom stereocenters. The summed E-state index contributed by atoms with van der Waals surface area (Å²) in [6.45, 7) is 6.32. The van der Waals surface area contributed by atoms with Crippen LogP contribution in [0.4, 0.5) is 0 Å². The van der Waals surface area contributed by atoms with Crippen molar-refractivity contribution < 1.29 is 24.5 Å². The minimum Gasteiger partial charge on any atom is -0.487 e. The van der Waals surface area contributed by atoms with Crippen molar-refractivity contribution in [2.75, 3.05) is 6.61 Å². The van der Waals surface area contributed by atoms with Crippen molar-refractivity contribution in [1.29, 1.82) is 0 Å². The molecule has 2 heterocycles. The summed E-state index contributed by atoms with van der Waals surface area (Å²) in [5, 5.41) is 30.2. The van der Waals surface area contributed by atoms with Crippen molar-refractivity contribution in [1.82, 2.24) is 0 Å². The van der Waals surface area contributed by atoms with E-state index in [-0.39, 0.29) is 6.10 Å². The molecule has 136 valence electrons. The normalized spacial score (nSPS) is 18.9. The van der Waals surface area contributed by atoms with Crippen LogP contribution in [-0.2, 0) is 11.8 Å². The van der Waals surface area contributed by atoms with E-state index in [1.807, 2.05) is 6.07 Å². The van der Waals surface area contributed by atoms with Crippen LogP contribution in [0.2, 0.25) is 0 Å². The zero-order chi connectivity index (χ0) is 18.6. The van der Waals surface area contributed by atoms with Crippen LogP contribution >= 0.6 is 0 Å². The first-order chi connectivity index (χ1) is 11.5. The molecule has 1 aromatic carbocycles. The van der Waals surface area contributed by atoms with Crippen LogP contribution < -0.4 is 10.4 Å². The second kappa shape index (κ2) is 5.83. The number of rotatable bonds is 4. The van der Waals surface area contributed by atoms with Crippen LogP contribution in [0.5, 0.6) is 5.75 Å². The fourth-order valence-corrected chi connectivity index (χ4v) is 3.11. The minimum atomic E-state index is -1.08. The Morgan fingerprint density at radius 1 is 1.24 bits per heavy atom. The largest absolute Gasteiger partial charge is 0.487 e. The second-order valence-electron chi connectivity index (χ2n) is 7.83. The highest BCUT2D eigenvalue weighted by Crippen LogP contribution is 2.37. The maximum absolute atomic E-state index is 12.4. The summed E-state index contributed by atoms with van der Waals surface area (Å²) >= 11 is 0. The summed E-state index contributed by atoms with van der Waals surface area (Å²) < 4.78 is 11.2. The highest BCUT2D eigenvalue weighted by molar-refractivity contribution is 5.80. The maximum atomic E-state index is 12.4. The van der Waals surface area contributed by atoms with Crippen molar-refractivity contribution in [3.63, 3.8) is 0 Å². The number of fused-ring (bicyclic) bond motifs is 2. The molecule has 1 aromatic heterocycles. The molecule has 1 aliphatic rings. The first kappa shape index (κ1) is 17.9. The van der Waals surface area contributed by atoms with E-state index in [2.05, 4.69) is 0 Å². The van der Waals surface area contributed by atoms with Crippen molar-refractivity contribution in [2.24, 2.45) is 0 Å². The zero-order valence-electron chi connectivity index (χ0n) is 14.9. The Morgan fingerprint density at radius 2 is 1.92 bits per heavy atom. The maximum Gasteiger partial charge on any atom is 0.340 e. The molecule has 2 aromatic rings. The fraction of sp³-hybridized carbons (Fsp3) is 0.526. The molecule has 6 nitrogen and oxygen atoms in total. The lowest BCUT2D eigenvalue weighted by Crippen LogP contribution is -2.39. The Balaban J connectivity index is 2.09. The molecule has 0 spiro atoms. The van der Waals surface area contributed by atoms with Crippen LogP contribution in [0.15, 0.2) is 27.4 Å². The van der Waals surface area contributed by atoms with Crippen molar-refractivity contribution in [3.05, 3.63) is 39.7 Å². The SMILES string of the molecule is CC(C)(O)[C@H]1Cc2cc3cc(C(C)(C)[C@H](O)CO)c(=O)oc3cc2O1. The zero-order valence-corrected chi connectivity index (χ0v) is 14.9. The van der Waals surface area contributed by atoms with Gasteiger partial charge in [0.2, 0.25) is 0 Å². The third kappa shape index (κ3) is 3.05. The van der Waals surface area contributed by atoms with Gasteiger partial charge in [-0.25, -0.2) is 4.79 Å². The van der Waals surface area contributed by atoms with Crippen molar-refractivity contribution in [2.45, 2.75) is 57.3 Å². The molecular formula is C19H24O6. The van der Waals surface area contributed by atoms with Gasteiger partial charge in [0, 0.05) is 28.9 Å². The first-order valence-corrected chi connectivity index (χ1v) is 8.33. The number of hydrogen-bond acceptors (Lipinski definition) is 6. The number of ether oxygens (including phenoxy) is 1. The molecule has 25 heavy (non-hydrogen) atoms. The third-order valence-electron chi connectivity index (χ3n) is 5.08. The average Bonchev–Trinajstić information content (AvgIpc) is 2.94. The van der Waals surface area contributed by atoms with Crippen LogP contribution in [0.3, 0.4) is 0 Å². The predicted octanol–water partition coefficient (Wildman–Crippen LogP) is 1.50. The van der Waals surface area contributed by atoms with E-state index in [4.69, 9.17) is 9.15 Å². The molecule has 0 bridgehead atoms. The van der Waals surface area contributed by atoms with Gasteiger partial charge in [0.25, 0.3) is 0 Å². The molecule has 3 rings (SSSR count). The number of aliphatic hydroxyl groups is 3. The fourth-order valence-electron chi connectivity index (χ4n) is 3.11. The summed E-state index contributed by atoms with van der Waals surface area (Å²) in [4.78, 5) is 12.4. The number of hydrogen-bond donors (Lipinski definition) is 3. The Kier molecular flexibility index (Phi) is 4.18. The summed E-state index contributed by atoms with van der Waals surface area (Å²) in [6, 6.07) is 5.24. The van der Waals surface area contributed by atoms with Gasteiger partial charge in [-0.1, -0.05) is 13.8 Å². The number of benzene rings is 1. The predicted molar refractivity (Wildman–Crippen MR) is 93.0 cm³/mol. The van der Waals surface area contributed by atoms with Crippen LogP contribution in [0, 0.1) is 0 Å². The van der Waals surface area contributed by atoms with Gasteiger partial charge in [-0.3, -0.25) is 0 Å². The molecule has 0 amide bonds. The van der Waals surface area contributed by atoms with Crippen LogP contribution in [0.25, 0.3) is 11.0 Å². The molecule has 0 saturated carbocycles. The molecule has 2 atom stereocenters. The monoisotopic (exact) mass is 348 g/mol. The van der Waals surface area contributed by atoms with E-state index in [9.17, 15) is 20.1 Å². The molecular weight excluding hydrogens is 324 g/mol. The van der Waals surface area contributed by atoms with E-state index in [1.54, 1.807) is 39.8 Å². The van der Waals surface area contributed by atoms with Crippen molar-refractivity contribution in [3.8, 4) is 5.75 Å². The topological polar surface area (TPSA) is 100 Å². The Labute approximate surface area is 145 Å². The van der Waals surface area contributed by atoms with Gasteiger partial charge >= 0.3 is 5.63 Å². The van der Waals surface area contributed by atoms with Gasteiger partial charge in [0.1, 0.15) is 17.4 Å². The quantitative estimate of drug-likeness (QED) is 0.724. The minimum absolute atomic E-state index is 0.305. The summed E-state index contributed by atoms with van der Waals surface area (Å²) in [5.74, 6) is 0.602. The molecule has 1 aliphatic heterocycles. The van der Waals surface area contributed by atoms with E-state index >= 15 is 0 Å². The molecule has 6 heteroatoms. The van der Waals surface area contributed by atoms with Crippen LogP contribution in [-0.4, -0.2) is 39.7 Å². The highest BCUT2D eigenvalue weighted by Gasteiger charge is 2.36. The van der Waals surface area contributed by atoms with Gasteiger partial charge in [-0.15, -0.1) is 0 Å². The van der Waals surface area contributed by atoms with Gasteiger partial charge in [-0.2, -0.15) is 0 Å². The lowest BCUT2D eigenvalue weighted by atomic mass is 9.80. The van der Waals surface area contributed by atoms with E-state index < -0.39 is 29.4 Å². The first-order valence-electron chi connectivity index (χ1n) is 8.33. The summed E-state index contributed by atoms with van der Waals surface area (Å²) in [6.07, 6.45) is -0.880. The van der Waals surface area contributed by atoms with Crippen LogP contribution in [0.1, 0.15) is 38.8 Å². The lowest BCUT2D eigenvalue weighted by Gasteiger charge is -2.28. The smallest absolute Gasteiger partial charge is 0.340 e. The number of aliphatic hydroxyl groups excluding tert-OH is 2. The Morgan fingerprint density at radius 3 is 2.52 bits per heavy atom. The molecule has 0 radical (unpaired) electrons. The summed E-state index contributed by atoms with van der Waals surface area (Å²) in [5.41, 5.74) is -0.862. The van der Waals surface area contributed by atoms with Gasteiger partial charge in [-0.05, 0) is 31.5 Å². The van der Waals surface area contributed by atoms with E-state index in [0.717, 1.165) is 5.56 Å². The molecule has 0 saturated heterocycles. The third-order valence-corrected chi connectivity index (χ3v) is 5.08. The van der Waals surface area contributed by atoms with E-state index in [1.165, 1.54) is 0 Å². The summed E-state index contributed by atoms with van der Waals surface area (Å²) in [7, 11) is 0. The standard InChI is InChI=1S/C19H24O6/c1-18(2,15(21)9-20)12-6-10-5-11-7-16(19(3,4)23)24-13(11)8-14(10)25-17(12)22/h5-6,8,15-16,20-21,23H,7,9H2,1-4H3/t15-,16-/m1/s1. The lowest BCUT2D eigenvalue weighted by molar-refractivity contribution is -0.0229. The van der Waals surface area contributed by atoms with Gasteiger partial charge < -0.3 is 24.5 Å². The van der Waals surface area contributed by atoms with E-state index in [0.29, 0.717) is 28.7 Å². The van der Waals surface area contributed by atoms with Crippen molar-refractivity contribution >= 4 is 11.0 Å². The molecule has 3 N–H and O–H groups in total. The van der Waals surface area contributed by atoms with Gasteiger partial charge in [0.05, 0.1) is 18.3 Å². The Bertz CT molecular complexity index is 859. The molecule has 0 fully saturated rings.